The lowest BCUT2D eigenvalue weighted by Crippen LogP contribution is -2.39. The molecule has 1 saturated heterocycles. The van der Waals surface area contributed by atoms with Crippen molar-refractivity contribution in [1.29, 1.82) is 0 Å². The second-order valence-corrected chi connectivity index (χ2v) is 7.15. The first-order chi connectivity index (χ1) is 8.38. The number of hydrogen-bond acceptors (Lipinski definition) is 2. The van der Waals surface area contributed by atoms with Crippen molar-refractivity contribution >= 4 is 0 Å². The van der Waals surface area contributed by atoms with Crippen LogP contribution >= 0.6 is 0 Å². The SMILES string of the molecule is CC(CCCC1CCCO1)C(C)CNC(C)(C)C. The summed E-state index contributed by atoms with van der Waals surface area (Å²) in [5.74, 6) is 1.56. The normalized spacial score (nSPS) is 24.2. The van der Waals surface area contributed by atoms with Crippen LogP contribution in [0.3, 0.4) is 0 Å². The van der Waals surface area contributed by atoms with E-state index in [1.54, 1.807) is 0 Å². The zero-order valence-corrected chi connectivity index (χ0v) is 13.1. The largest absolute Gasteiger partial charge is 0.378 e. The van der Waals surface area contributed by atoms with Crippen molar-refractivity contribution in [3.8, 4) is 0 Å². The van der Waals surface area contributed by atoms with Crippen LogP contribution in [0.5, 0.6) is 0 Å². The predicted molar refractivity (Wildman–Crippen MR) is 78.9 cm³/mol. The van der Waals surface area contributed by atoms with Gasteiger partial charge >= 0.3 is 0 Å². The Labute approximate surface area is 114 Å². The van der Waals surface area contributed by atoms with Gasteiger partial charge in [-0.15, -0.1) is 0 Å². The van der Waals surface area contributed by atoms with Crippen LogP contribution < -0.4 is 5.32 Å². The van der Waals surface area contributed by atoms with Crippen LogP contribution in [0.4, 0.5) is 0 Å². The van der Waals surface area contributed by atoms with Crippen molar-refractivity contribution in [2.45, 2.75) is 78.4 Å². The molecule has 0 radical (unpaired) electrons. The topological polar surface area (TPSA) is 21.3 Å². The molecule has 1 rings (SSSR count). The fourth-order valence-corrected chi connectivity index (χ4v) is 2.49. The quantitative estimate of drug-likeness (QED) is 0.742. The highest BCUT2D eigenvalue weighted by Crippen LogP contribution is 2.22. The standard InChI is InChI=1S/C16H33NO/c1-13(14(2)12-17-16(3,4)5)8-6-9-15-10-7-11-18-15/h13-15,17H,6-12H2,1-5H3. The van der Waals surface area contributed by atoms with Crippen molar-refractivity contribution in [1.82, 2.24) is 5.32 Å². The van der Waals surface area contributed by atoms with E-state index in [-0.39, 0.29) is 5.54 Å². The van der Waals surface area contributed by atoms with Gasteiger partial charge < -0.3 is 10.1 Å². The third-order valence-electron chi connectivity index (χ3n) is 4.14. The molecule has 2 heteroatoms. The molecule has 1 aliphatic rings. The molecule has 0 amide bonds. The molecule has 1 fully saturated rings. The van der Waals surface area contributed by atoms with Crippen LogP contribution in [-0.4, -0.2) is 24.8 Å². The molecule has 0 aromatic heterocycles. The highest BCUT2D eigenvalue weighted by Gasteiger charge is 2.18. The molecule has 1 aliphatic heterocycles. The van der Waals surface area contributed by atoms with Gasteiger partial charge in [0.25, 0.3) is 0 Å². The molecule has 0 saturated carbocycles. The molecule has 0 bridgehead atoms. The van der Waals surface area contributed by atoms with Gasteiger partial charge in [0.2, 0.25) is 0 Å². The van der Waals surface area contributed by atoms with Gasteiger partial charge in [-0.25, -0.2) is 0 Å². The lowest BCUT2D eigenvalue weighted by atomic mass is 9.89. The van der Waals surface area contributed by atoms with E-state index in [0.717, 1.165) is 25.0 Å². The molecule has 1 heterocycles. The maximum Gasteiger partial charge on any atom is 0.0576 e. The number of nitrogens with one attached hydrogen (secondary N) is 1. The number of ether oxygens (including phenoxy) is 1. The van der Waals surface area contributed by atoms with Crippen molar-refractivity contribution < 1.29 is 4.74 Å². The first kappa shape index (κ1) is 16.0. The van der Waals surface area contributed by atoms with E-state index in [9.17, 15) is 0 Å². The van der Waals surface area contributed by atoms with Gasteiger partial charge in [-0.1, -0.05) is 26.7 Å². The van der Waals surface area contributed by atoms with E-state index in [1.807, 2.05) is 0 Å². The Morgan fingerprint density at radius 2 is 1.94 bits per heavy atom. The van der Waals surface area contributed by atoms with Gasteiger partial charge in [0.05, 0.1) is 6.10 Å². The van der Waals surface area contributed by atoms with Crippen LogP contribution in [0.25, 0.3) is 0 Å². The van der Waals surface area contributed by atoms with Gasteiger partial charge in [-0.2, -0.15) is 0 Å². The first-order valence-electron chi connectivity index (χ1n) is 7.75. The Kier molecular flexibility index (Phi) is 6.65. The average molecular weight is 255 g/mol. The molecule has 3 unspecified atom stereocenters. The minimum absolute atomic E-state index is 0.242. The smallest absolute Gasteiger partial charge is 0.0576 e. The third kappa shape index (κ3) is 6.75. The molecule has 1 N–H and O–H groups in total. The Morgan fingerprint density at radius 1 is 1.22 bits per heavy atom. The summed E-state index contributed by atoms with van der Waals surface area (Å²) in [6.45, 7) is 13.6. The van der Waals surface area contributed by atoms with Crippen LogP contribution in [0.2, 0.25) is 0 Å². The van der Waals surface area contributed by atoms with Crippen LogP contribution in [0, 0.1) is 11.8 Å². The Morgan fingerprint density at radius 3 is 2.50 bits per heavy atom. The molecule has 108 valence electrons. The molecule has 2 nitrogen and oxygen atoms in total. The van der Waals surface area contributed by atoms with Crippen molar-refractivity contribution in [2.24, 2.45) is 11.8 Å². The Balaban J connectivity index is 2.09. The van der Waals surface area contributed by atoms with Gasteiger partial charge in [-0.05, 0) is 58.4 Å². The van der Waals surface area contributed by atoms with E-state index in [1.165, 1.54) is 32.1 Å². The average Bonchev–Trinajstić information content (AvgIpc) is 2.77. The van der Waals surface area contributed by atoms with E-state index in [4.69, 9.17) is 4.74 Å². The van der Waals surface area contributed by atoms with E-state index in [0.29, 0.717) is 6.10 Å². The lowest BCUT2D eigenvalue weighted by molar-refractivity contribution is 0.1000. The minimum Gasteiger partial charge on any atom is -0.378 e. The van der Waals surface area contributed by atoms with Crippen molar-refractivity contribution in [3.05, 3.63) is 0 Å². The zero-order chi connectivity index (χ0) is 13.6. The Hall–Kier alpha value is -0.0800. The fourth-order valence-electron chi connectivity index (χ4n) is 2.49. The van der Waals surface area contributed by atoms with Crippen LogP contribution in [0.15, 0.2) is 0 Å². The molecule has 0 spiro atoms. The molecule has 0 aromatic rings. The summed E-state index contributed by atoms with van der Waals surface area (Å²) in [5.41, 5.74) is 0.242. The molecular weight excluding hydrogens is 222 g/mol. The lowest BCUT2D eigenvalue weighted by Gasteiger charge is -2.26. The predicted octanol–water partition coefficient (Wildman–Crippen LogP) is 4.00. The van der Waals surface area contributed by atoms with Crippen LogP contribution in [-0.2, 0) is 4.74 Å². The van der Waals surface area contributed by atoms with E-state index >= 15 is 0 Å². The maximum atomic E-state index is 5.68. The third-order valence-corrected chi connectivity index (χ3v) is 4.14. The summed E-state index contributed by atoms with van der Waals surface area (Å²) in [6.07, 6.45) is 7.06. The van der Waals surface area contributed by atoms with Gasteiger partial charge in [0.15, 0.2) is 0 Å². The summed E-state index contributed by atoms with van der Waals surface area (Å²) >= 11 is 0. The van der Waals surface area contributed by atoms with E-state index in [2.05, 4.69) is 39.9 Å². The maximum absolute atomic E-state index is 5.68. The first-order valence-corrected chi connectivity index (χ1v) is 7.75. The highest BCUT2D eigenvalue weighted by atomic mass is 16.5. The molecule has 0 aromatic carbocycles. The number of hydrogen-bond donors (Lipinski definition) is 1. The second kappa shape index (κ2) is 7.49. The summed E-state index contributed by atoms with van der Waals surface area (Å²) < 4.78 is 5.68. The monoisotopic (exact) mass is 255 g/mol. The van der Waals surface area contributed by atoms with Crippen molar-refractivity contribution in [2.75, 3.05) is 13.2 Å². The molecule has 3 atom stereocenters. The summed E-state index contributed by atoms with van der Waals surface area (Å²) in [4.78, 5) is 0. The molecular formula is C16H33NO. The van der Waals surface area contributed by atoms with Gasteiger partial charge in [0.1, 0.15) is 0 Å². The fraction of sp³-hybridized carbons (Fsp3) is 1.00. The summed E-state index contributed by atoms with van der Waals surface area (Å²) in [7, 11) is 0. The van der Waals surface area contributed by atoms with Gasteiger partial charge in [0, 0.05) is 12.1 Å². The van der Waals surface area contributed by atoms with Crippen molar-refractivity contribution in [3.63, 3.8) is 0 Å². The summed E-state index contributed by atoms with van der Waals surface area (Å²) in [6, 6.07) is 0. The molecule has 0 aliphatic carbocycles. The van der Waals surface area contributed by atoms with Crippen LogP contribution in [0.1, 0.15) is 66.7 Å². The second-order valence-electron chi connectivity index (χ2n) is 7.15. The number of rotatable bonds is 7. The highest BCUT2D eigenvalue weighted by molar-refractivity contribution is 4.74. The van der Waals surface area contributed by atoms with Gasteiger partial charge in [-0.3, -0.25) is 0 Å². The van der Waals surface area contributed by atoms with E-state index < -0.39 is 0 Å². The minimum atomic E-state index is 0.242. The molecule has 18 heavy (non-hydrogen) atoms. The zero-order valence-electron chi connectivity index (χ0n) is 13.1. The summed E-state index contributed by atoms with van der Waals surface area (Å²) in [5, 5.41) is 3.61. The Bertz CT molecular complexity index is 216.